The van der Waals surface area contributed by atoms with Gasteiger partial charge in [-0.3, -0.25) is 4.79 Å². The zero-order chi connectivity index (χ0) is 16.9. The highest BCUT2D eigenvalue weighted by Crippen LogP contribution is 2.48. The Kier molecular flexibility index (Phi) is 3.84. The lowest BCUT2D eigenvalue weighted by atomic mass is 9.88. The maximum Gasteiger partial charge on any atom is 0.304 e. The van der Waals surface area contributed by atoms with Gasteiger partial charge in [0.2, 0.25) is 6.29 Å². The summed E-state index contributed by atoms with van der Waals surface area (Å²) >= 11 is 0. The molecule has 0 radical (unpaired) electrons. The molecule has 126 valence electrons. The third kappa shape index (κ3) is 2.59. The van der Waals surface area contributed by atoms with Crippen molar-refractivity contribution < 1.29 is 36.6 Å². The van der Waals surface area contributed by atoms with Gasteiger partial charge in [-0.1, -0.05) is 6.07 Å². The first-order chi connectivity index (χ1) is 10.7. The van der Waals surface area contributed by atoms with E-state index in [1.807, 2.05) is 0 Å². The highest BCUT2D eigenvalue weighted by Gasteiger charge is 2.63. The lowest BCUT2D eigenvalue weighted by Crippen LogP contribution is -2.35. The van der Waals surface area contributed by atoms with Gasteiger partial charge < -0.3 is 14.2 Å². The number of carbonyl (C=O) groups is 1. The van der Waals surface area contributed by atoms with E-state index < -0.39 is 54.5 Å². The molecule has 23 heavy (non-hydrogen) atoms. The number of hydrogen-bond donors (Lipinski definition) is 0. The van der Waals surface area contributed by atoms with Crippen molar-refractivity contribution in [2.24, 2.45) is 0 Å². The molecule has 8 heteroatoms. The first kappa shape index (κ1) is 16.2. The molecule has 1 unspecified atom stereocenters. The molecule has 2 fully saturated rings. The van der Waals surface area contributed by atoms with Gasteiger partial charge in [0.1, 0.15) is 12.7 Å². The number of carbonyl (C=O) groups excluding carboxylic acids is 1. The number of esters is 1. The van der Waals surface area contributed by atoms with Crippen molar-refractivity contribution in [3.63, 3.8) is 0 Å². The number of hydrogen-bond acceptors (Lipinski definition) is 4. The van der Waals surface area contributed by atoms with Gasteiger partial charge in [-0.2, -0.15) is 0 Å². The van der Waals surface area contributed by atoms with Crippen LogP contribution in [0.3, 0.4) is 0 Å². The predicted octanol–water partition coefficient (Wildman–Crippen LogP) is 2.68. The third-order valence-corrected chi connectivity index (χ3v) is 4.13. The van der Waals surface area contributed by atoms with Crippen LogP contribution < -0.4 is 0 Å². The van der Waals surface area contributed by atoms with E-state index in [1.165, 1.54) is 13.0 Å². The van der Waals surface area contributed by atoms with Gasteiger partial charge in [-0.05, 0) is 24.1 Å². The van der Waals surface area contributed by atoms with Crippen molar-refractivity contribution in [1.29, 1.82) is 0 Å². The van der Waals surface area contributed by atoms with E-state index in [-0.39, 0.29) is 11.1 Å². The molecule has 1 aromatic rings. The molecule has 0 saturated carbocycles. The Hall–Kier alpha value is -1.67. The smallest absolute Gasteiger partial charge is 0.304 e. The molecule has 0 N–H and O–H groups in total. The molecule has 2 heterocycles. The summed E-state index contributed by atoms with van der Waals surface area (Å²) in [5.74, 6) is -7.08. The van der Waals surface area contributed by atoms with Crippen LogP contribution in [-0.2, 0) is 19.0 Å². The molecule has 4 atom stereocenters. The quantitative estimate of drug-likeness (QED) is 0.616. The Bertz CT molecular complexity index is 649. The van der Waals surface area contributed by atoms with Crippen molar-refractivity contribution in [2.75, 3.05) is 6.61 Å². The molecule has 1 aromatic carbocycles. The van der Waals surface area contributed by atoms with Gasteiger partial charge in [0.05, 0.1) is 5.92 Å². The lowest BCUT2D eigenvalue weighted by molar-refractivity contribution is -0.196. The molecule has 0 bridgehead atoms. The van der Waals surface area contributed by atoms with Crippen molar-refractivity contribution >= 4 is 5.97 Å². The molecule has 4 nitrogen and oxygen atoms in total. The van der Waals surface area contributed by atoms with Crippen molar-refractivity contribution in [2.45, 2.75) is 44.2 Å². The van der Waals surface area contributed by atoms with Crippen LogP contribution in [0.2, 0.25) is 0 Å². The highest BCUT2D eigenvalue weighted by atomic mass is 19.3. The lowest BCUT2D eigenvalue weighted by Gasteiger charge is -2.23. The minimum absolute atomic E-state index is 0.0600. The number of halogens is 4. The molecular formula is C15H14F4O4. The number of benzene rings is 1. The molecule has 0 aliphatic carbocycles. The Morgan fingerprint density at radius 3 is 2.70 bits per heavy atom. The van der Waals surface area contributed by atoms with Gasteiger partial charge in [0.15, 0.2) is 17.7 Å². The fourth-order valence-electron chi connectivity index (χ4n) is 3.09. The van der Waals surface area contributed by atoms with E-state index in [9.17, 15) is 22.4 Å². The number of ether oxygens (including phenoxy) is 3. The van der Waals surface area contributed by atoms with Gasteiger partial charge in [-0.25, -0.2) is 17.6 Å². The molecule has 0 spiro atoms. The van der Waals surface area contributed by atoms with E-state index in [1.54, 1.807) is 0 Å². The zero-order valence-corrected chi connectivity index (χ0v) is 12.3. The molecule has 3 rings (SSSR count). The van der Waals surface area contributed by atoms with Gasteiger partial charge in [-0.15, -0.1) is 0 Å². The van der Waals surface area contributed by atoms with E-state index in [0.29, 0.717) is 0 Å². The Morgan fingerprint density at radius 1 is 1.35 bits per heavy atom. The summed E-state index contributed by atoms with van der Waals surface area (Å²) in [6.07, 6.45) is -4.07. The minimum Gasteiger partial charge on any atom is -0.435 e. The van der Waals surface area contributed by atoms with Crippen molar-refractivity contribution in [3.05, 3.63) is 34.9 Å². The Labute approximate surface area is 129 Å². The second kappa shape index (κ2) is 5.45. The number of alkyl halides is 2. The molecule has 2 aliphatic heterocycles. The standard InChI is InChI=1S/C15H14F4O4/c1-6-8(3-4-9(16)11(6)17)10-12-13(15(18,19)5-21-12)23-14(10)22-7(2)20/h3-4,10,12-14H,5H2,1-2H3/t10-,12+,13-,14?/m1/s1. The largest absolute Gasteiger partial charge is 0.435 e. The summed E-state index contributed by atoms with van der Waals surface area (Å²) in [7, 11) is 0. The fourth-order valence-corrected chi connectivity index (χ4v) is 3.09. The normalized spacial score (nSPS) is 31.9. The SMILES string of the molecule is CC(=O)OC1O[C@@H]2[C@@H](OCC2(F)F)[C@H]1c1ccc(F)c(F)c1C. The molecule has 0 amide bonds. The van der Waals surface area contributed by atoms with Crippen LogP contribution in [0.15, 0.2) is 12.1 Å². The van der Waals surface area contributed by atoms with Gasteiger partial charge in [0, 0.05) is 6.92 Å². The molecular weight excluding hydrogens is 320 g/mol. The van der Waals surface area contributed by atoms with Crippen LogP contribution in [0.25, 0.3) is 0 Å². The van der Waals surface area contributed by atoms with Crippen LogP contribution in [0, 0.1) is 18.6 Å². The Balaban J connectivity index is 2.03. The van der Waals surface area contributed by atoms with E-state index in [0.717, 1.165) is 13.0 Å². The molecule has 2 saturated heterocycles. The summed E-state index contributed by atoms with van der Waals surface area (Å²) < 4.78 is 70.0. The summed E-state index contributed by atoms with van der Waals surface area (Å²) in [6, 6.07) is 2.16. The third-order valence-electron chi connectivity index (χ3n) is 4.13. The average molecular weight is 334 g/mol. The minimum atomic E-state index is -3.25. The van der Waals surface area contributed by atoms with E-state index in [4.69, 9.17) is 14.2 Å². The summed E-state index contributed by atoms with van der Waals surface area (Å²) in [5, 5.41) is 0. The molecule has 0 aromatic heterocycles. The van der Waals surface area contributed by atoms with E-state index in [2.05, 4.69) is 0 Å². The van der Waals surface area contributed by atoms with Gasteiger partial charge >= 0.3 is 5.97 Å². The second-order valence-electron chi connectivity index (χ2n) is 5.67. The number of rotatable bonds is 2. The number of fused-ring (bicyclic) bond motifs is 1. The first-order valence-electron chi connectivity index (χ1n) is 6.99. The first-order valence-corrected chi connectivity index (χ1v) is 6.99. The maximum absolute atomic E-state index is 13.8. The second-order valence-corrected chi connectivity index (χ2v) is 5.67. The predicted molar refractivity (Wildman–Crippen MR) is 69.0 cm³/mol. The van der Waals surface area contributed by atoms with E-state index >= 15 is 0 Å². The van der Waals surface area contributed by atoms with Crippen LogP contribution in [-0.4, -0.2) is 37.0 Å². The monoisotopic (exact) mass is 334 g/mol. The highest BCUT2D eigenvalue weighted by molar-refractivity contribution is 5.66. The maximum atomic E-state index is 13.8. The zero-order valence-electron chi connectivity index (χ0n) is 12.3. The summed E-state index contributed by atoms with van der Waals surface area (Å²) in [5.41, 5.74) is 0.149. The Morgan fingerprint density at radius 2 is 2.04 bits per heavy atom. The van der Waals surface area contributed by atoms with Gasteiger partial charge in [0.25, 0.3) is 5.92 Å². The van der Waals surface area contributed by atoms with Crippen molar-refractivity contribution in [3.8, 4) is 0 Å². The fraction of sp³-hybridized carbons (Fsp3) is 0.533. The molecule has 2 aliphatic rings. The van der Waals surface area contributed by atoms with Crippen LogP contribution in [0.4, 0.5) is 17.6 Å². The van der Waals surface area contributed by atoms with Crippen LogP contribution in [0.5, 0.6) is 0 Å². The average Bonchev–Trinajstić information content (AvgIpc) is 2.94. The topological polar surface area (TPSA) is 44.8 Å². The van der Waals surface area contributed by atoms with Crippen LogP contribution >= 0.6 is 0 Å². The summed E-state index contributed by atoms with van der Waals surface area (Å²) in [4.78, 5) is 11.2. The van der Waals surface area contributed by atoms with Crippen molar-refractivity contribution in [1.82, 2.24) is 0 Å². The van der Waals surface area contributed by atoms with Crippen LogP contribution in [0.1, 0.15) is 24.0 Å². The summed E-state index contributed by atoms with van der Waals surface area (Å²) in [6.45, 7) is 1.58.